The second-order valence-corrected chi connectivity index (χ2v) is 2.30. The zero-order chi connectivity index (χ0) is 7.23. The Bertz CT molecular complexity index is 207. The minimum absolute atomic E-state index is 0.968. The van der Waals surface area contributed by atoms with E-state index in [0.29, 0.717) is 0 Å². The molecule has 0 fully saturated rings. The van der Waals surface area contributed by atoms with E-state index in [0.717, 1.165) is 6.42 Å². The summed E-state index contributed by atoms with van der Waals surface area (Å²) in [7, 11) is 0. The first kappa shape index (κ1) is 7.36. The van der Waals surface area contributed by atoms with Crippen LogP contribution < -0.4 is 0 Å². The first-order chi connectivity index (χ1) is 4.93. The van der Waals surface area contributed by atoms with Crippen LogP contribution in [0, 0.1) is 0 Å². The van der Waals surface area contributed by atoms with Crippen molar-refractivity contribution in [3.63, 3.8) is 0 Å². The third-order valence-corrected chi connectivity index (χ3v) is 1.43. The van der Waals surface area contributed by atoms with Gasteiger partial charge in [-0.25, -0.2) is 0 Å². The molecule has 0 saturated heterocycles. The fraction of sp³-hybridized carbons (Fsp3) is 0.111. The van der Waals surface area contributed by atoms with E-state index in [-0.39, 0.29) is 0 Å². The highest BCUT2D eigenvalue weighted by atomic mass is 35.5. The molecule has 0 saturated carbocycles. The van der Waals surface area contributed by atoms with Crippen molar-refractivity contribution >= 4 is 11.6 Å². The Morgan fingerprint density at radius 2 is 2.20 bits per heavy atom. The Morgan fingerprint density at radius 1 is 1.30 bits per heavy atom. The molecule has 0 N–H and O–H groups in total. The highest BCUT2D eigenvalue weighted by Gasteiger charge is 1.87. The molecule has 0 aromatic heterocycles. The van der Waals surface area contributed by atoms with Gasteiger partial charge in [0.15, 0.2) is 0 Å². The third kappa shape index (κ3) is 2.24. The van der Waals surface area contributed by atoms with Crippen molar-refractivity contribution in [3.8, 4) is 0 Å². The molecule has 0 radical (unpaired) electrons. The average molecular weight is 153 g/mol. The van der Waals surface area contributed by atoms with Crippen molar-refractivity contribution in [1.29, 1.82) is 0 Å². The summed E-state index contributed by atoms with van der Waals surface area (Å²) < 4.78 is 0. The van der Waals surface area contributed by atoms with Crippen molar-refractivity contribution < 1.29 is 0 Å². The van der Waals surface area contributed by atoms with E-state index >= 15 is 0 Å². The van der Waals surface area contributed by atoms with Crippen LogP contribution in [0.15, 0.2) is 47.6 Å². The summed E-state index contributed by atoms with van der Waals surface area (Å²) in [6.45, 7) is 0. The molecule has 0 bridgehead atoms. The fourth-order valence-electron chi connectivity index (χ4n) is 0.799. The van der Waals surface area contributed by atoms with Crippen LogP contribution in [0.5, 0.6) is 0 Å². The highest BCUT2D eigenvalue weighted by molar-refractivity contribution is 6.25. The van der Waals surface area contributed by atoms with Crippen LogP contribution in [-0.4, -0.2) is 0 Å². The van der Waals surface area contributed by atoms with E-state index in [9.17, 15) is 0 Å². The van der Waals surface area contributed by atoms with Crippen molar-refractivity contribution in [1.82, 2.24) is 0 Å². The number of hydrogen-bond donors (Lipinski definition) is 0. The molecule has 0 atom stereocenters. The Hall–Kier alpha value is -0.750. The van der Waals surface area contributed by atoms with Crippen LogP contribution in [-0.2, 0) is 0 Å². The maximum atomic E-state index is 5.42. The largest absolute Gasteiger partial charge is 0.0929 e. The fourth-order valence-corrected chi connectivity index (χ4v) is 0.960. The zero-order valence-electron chi connectivity index (χ0n) is 5.63. The molecule has 10 heavy (non-hydrogen) atoms. The van der Waals surface area contributed by atoms with Gasteiger partial charge in [-0.15, -0.1) is 0 Å². The first-order valence-electron chi connectivity index (χ1n) is 3.22. The molecule has 0 unspecified atom stereocenters. The summed E-state index contributed by atoms with van der Waals surface area (Å²) in [4.78, 5) is 0. The van der Waals surface area contributed by atoms with Crippen LogP contribution in [0.2, 0.25) is 0 Å². The summed E-state index contributed by atoms with van der Waals surface area (Å²) in [5, 5.41) is 0. The molecule has 1 rings (SSSR count). The predicted octanol–water partition coefficient (Wildman–Crippen LogP) is 3.18. The lowest BCUT2D eigenvalue weighted by atomic mass is 10.2. The number of rotatable bonds is 1. The van der Waals surface area contributed by atoms with Crippen LogP contribution in [0.3, 0.4) is 0 Å². The average Bonchev–Trinajstić information content (AvgIpc) is 2.17. The van der Waals surface area contributed by atoms with Gasteiger partial charge >= 0.3 is 0 Å². The van der Waals surface area contributed by atoms with Gasteiger partial charge in [-0.1, -0.05) is 42.0 Å². The van der Waals surface area contributed by atoms with Crippen molar-refractivity contribution in [2.45, 2.75) is 6.42 Å². The van der Waals surface area contributed by atoms with Gasteiger partial charge in [0.05, 0.1) is 0 Å². The van der Waals surface area contributed by atoms with Gasteiger partial charge in [0.2, 0.25) is 0 Å². The lowest BCUT2D eigenvalue weighted by Crippen LogP contribution is -1.70. The molecule has 0 aromatic rings. The van der Waals surface area contributed by atoms with Gasteiger partial charge in [-0.3, -0.25) is 0 Å². The van der Waals surface area contributed by atoms with Gasteiger partial charge in [-0.05, 0) is 18.1 Å². The second kappa shape index (κ2) is 4.13. The molecule has 1 aliphatic rings. The van der Waals surface area contributed by atoms with E-state index in [2.05, 4.69) is 12.2 Å². The molecule has 0 aliphatic heterocycles. The minimum atomic E-state index is 0.968. The molecule has 0 amide bonds. The molecule has 0 spiro atoms. The topological polar surface area (TPSA) is 0 Å². The number of halogens is 1. The maximum Gasteiger partial charge on any atom is 0.00453 e. The lowest BCUT2D eigenvalue weighted by Gasteiger charge is -1.90. The van der Waals surface area contributed by atoms with Crippen molar-refractivity contribution in [2.24, 2.45) is 0 Å². The SMILES string of the molecule is Cl/C=C/C1=CC=CC=CC1. The van der Waals surface area contributed by atoms with E-state index in [1.165, 1.54) is 5.57 Å². The van der Waals surface area contributed by atoms with E-state index in [4.69, 9.17) is 11.6 Å². The summed E-state index contributed by atoms with van der Waals surface area (Å²) in [6.07, 6.45) is 13.1. The lowest BCUT2D eigenvalue weighted by molar-refractivity contribution is 1.30. The molecule has 0 nitrogen and oxygen atoms in total. The first-order valence-corrected chi connectivity index (χ1v) is 3.66. The van der Waals surface area contributed by atoms with E-state index in [1.54, 1.807) is 5.54 Å². The van der Waals surface area contributed by atoms with Crippen molar-refractivity contribution in [2.75, 3.05) is 0 Å². The summed E-state index contributed by atoms with van der Waals surface area (Å²) in [5.74, 6) is 0. The Labute approximate surface area is 66.2 Å². The molecule has 52 valence electrons. The van der Waals surface area contributed by atoms with Crippen LogP contribution in [0.4, 0.5) is 0 Å². The Kier molecular flexibility index (Phi) is 3.04. The number of hydrogen-bond acceptors (Lipinski definition) is 0. The van der Waals surface area contributed by atoms with Gasteiger partial charge in [0, 0.05) is 5.54 Å². The van der Waals surface area contributed by atoms with Crippen molar-refractivity contribution in [3.05, 3.63) is 47.6 Å². The molecular weight excluding hydrogens is 144 g/mol. The summed E-state index contributed by atoms with van der Waals surface area (Å²) >= 11 is 5.42. The molecule has 1 aliphatic carbocycles. The maximum absolute atomic E-state index is 5.42. The van der Waals surface area contributed by atoms with Gasteiger partial charge < -0.3 is 0 Å². The molecule has 0 aromatic carbocycles. The predicted molar refractivity (Wildman–Crippen MR) is 46.0 cm³/mol. The van der Waals surface area contributed by atoms with E-state index in [1.807, 2.05) is 24.3 Å². The van der Waals surface area contributed by atoms with Crippen LogP contribution in [0.1, 0.15) is 6.42 Å². The standard InChI is InChI=1S/C9H9Cl/c10-8-7-9-5-3-1-2-4-6-9/h1-5,7-8H,6H2/b8-7+. The second-order valence-electron chi connectivity index (χ2n) is 2.05. The minimum Gasteiger partial charge on any atom is -0.0929 e. The smallest absolute Gasteiger partial charge is 0.00453 e. The van der Waals surface area contributed by atoms with Crippen LogP contribution >= 0.6 is 11.6 Å². The monoisotopic (exact) mass is 152 g/mol. The quantitative estimate of drug-likeness (QED) is 0.542. The molecule has 0 heterocycles. The van der Waals surface area contributed by atoms with Gasteiger partial charge in [0.25, 0.3) is 0 Å². The van der Waals surface area contributed by atoms with Gasteiger partial charge in [-0.2, -0.15) is 0 Å². The molecular formula is C9H9Cl. The third-order valence-electron chi connectivity index (χ3n) is 1.30. The molecule has 1 heteroatoms. The summed E-state index contributed by atoms with van der Waals surface area (Å²) in [6, 6.07) is 0. The van der Waals surface area contributed by atoms with Crippen LogP contribution in [0.25, 0.3) is 0 Å². The zero-order valence-corrected chi connectivity index (χ0v) is 6.38. The van der Waals surface area contributed by atoms with E-state index < -0.39 is 0 Å². The number of allylic oxidation sites excluding steroid dienone is 7. The summed E-state index contributed by atoms with van der Waals surface area (Å²) in [5.41, 5.74) is 2.78. The van der Waals surface area contributed by atoms with Gasteiger partial charge in [0.1, 0.15) is 0 Å². The Morgan fingerprint density at radius 3 is 3.00 bits per heavy atom. The normalized spacial score (nSPS) is 17.5. The highest BCUT2D eigenvalue weighted by Crippen LogP contribution is 2.08. The Balaban J connectivity index is 2.68.